The third kappa shape index (κ3) is 4.59. The smallest absolute Gasteiger partial charge is 0.246 e. The average Bonchev–Trinajstić information content (AvgIpc) is 2.93. The SMILES string of the molecule is CN=C(NCc1nc(C)no1)NCC(C)c1ccccc1. The van der Waals surface area contributed by atoms with Gasteiger partial charge in [0.25, 0.3) is 0 Å². The molecular weight excluding hydrogens is 266 g/mol. The summed E-state index contributed by atoms with van der Waals surface area (Å²) in [5, 5.41) is 10.2. The lowest BCUT2D eigenvalue weighted by molar-refractivity contribution is 0.371. The molecule has 0 spiro atoms. The van der Waals surface area contributed by atoms with Gasteiger partial charge in [0.15, 0.2) is 11.8 Å². The van der Waals surface area contributed by atoms with E-state index in [0.717, 1.165) is 6.54 Å². The highest BCUT2D eigenvalue weighted by Gasteiger charge is 2.07. The Bertz CT molecular complexity index is 579. The summed E-state index contributed by atoms with van der Waals surface area (Å²) in [7, 11) is 1.74. The minimum atomic E-state index is 0.399. The van der Waals surface area contributed by atoms with Gasteiger partial charge in [-0.25, -0.2) is 0 Å². The van der Waals surface area contributed by atoms with E-state index in [1.807, 2.05) is 6.07 Å². The molecule has 1 aromatic heterocycles. The molecule has 1 unspecified atom stereocenters. The van der Waals surface area contributed by atoms with E-state index in [1.54, 1.807) is 14.0 Å². The highest BCUT2D eigenvalue weighted by Crippen LogP contribution is 2.12. The van der Waals surface area contributed by atoms with Crippen molar-refractivity contribution in [3.63, 3.8) is 0 Å². The second-order valence-corrected chi connectivity index (χ2v) is 4.85. The predicted octanol–water partition coefficient (Wildman–Crippen LogP) is 1.85. The molecule has 0 saturated heterocycles. The third-order valence-corrected chi connectivity index (χ3v) is 3.14. The highest BCUT2D eigenvalue weighted by molar-refractivity contribution is 5.79. The maximum absolute atomic E-state index is 5.05. The molecule has 0 radical (unpaired) electrons. The Labute approximate surface area is 124 Å². The van der Waals surface area contributed by atoms with Crippen LogP contribution in [-0.2, 0) is 6.54 Å². The van der Waals surface area contributed by atoms with Crippen LogP contribution in [0.2, 0.25) is 0 Å². The van der Waals surface area contributed by atoms with Gasteiger partial charge in [-0.2, -0.15) is 4.98 Å². The van der Waals surface area contributed by atoms with Crippen LogP contribution >= 0.6 is 0 Å². The van der Waals surface area contributed by atoms with Crippen molar-refractivity contribution in [3.05, 3.63) is 47.6 Å². The van der Waals surface area contributed by atoms with Crippen LogP contribution < -0.4 is 10.6 Å². The number of rotatable bonds is 5. The van der Waals surface area contributed by atoms with Gasteiger partial charge in [-0.3, -0.25) is 4.99 Å². The van der Waals surface area contributed by atoms with Crippen LogP contribution in [0.1, 0.15) is 30.1 Å². The van der Waals surface area contributed by atoms with Crippen LogP contribution in [0.15, 0.2) is 39.8 Å². The summed E-state index contributed by atoms with van der Waals surface area (Å²) in [5.41, 5.74) is 1.30. The van der Waals surface area contributed by atoms with E-state index in [1.165, 1.54) is 5.56 Å². The summed E-state index contributed by atoms with van der Waals surface area (Å²) in [6.07, 6.45) is 0. The molecule has 0 fully saturated rings. The lowest BCUT2D eigenvalue weighted by atomic mass is 10.0. The van der Waals surface area contributed by atoms with Crippen LogP contribution in [0.3, 0.4) is 0 Å². The molecule has 2 rings (SSSR count). The summed E-state index contributed by atoms with van der Waals surface area (Å²) in [5.74, 6) is 2.29. The van der Waals surface area contributed by atoms with Gasteiger partial charge in [0.2, 0.25) is 5.89 Å². The largest absolute Gasteiger partial charge is 0.356 e. The lowest BCUT2D eigenvalue weighted by Gasteiger charge is -2.15. The number of nitrogens with one attached hydrogen (secondary N) is 2. The van der Waals surface area contributed by atoms with E-state index in [0.29, 0.717) is 30.1 Å². The first-order chi connectivity index (χ1) is 10.2. The maximum atomic E-state index is 5.05. The fourth-order valence-electron chi connectivity index (χ4n) is 1.94. The van der Waals surface area contributed by atoms with Crippen LogP contribution in [0.25, 0.3) is 0 Å². The van der Waals surface area contributed by atoms with Crippen molar-refractivity contribution < 1.29 is 4.52 Å². The first-order valence-corrected chi connectivity index (χ1v) is 6.97. The molecule has 2 N–H and O–H groups in total. The Morgan fingerprint density at radius 1 is 1.29 bits per heavy atom. The average molecular weight is 287 g/mol. The van der Waals surface area contributed by atoms with E-state index in [9.17, 15) is 0 Å². The molecule has 1 heterocycles. The van der Waals surface area contributed by atoms with E-state index in [-0.39, 0.29) is 0 Å². The first-order valence-electron chi connectivity index (χ1n) is 6.97. The number of aryl methyl sites for hydroxylation is 1. The molecule has 112 valence electrons. The van der Waals surface area contributed by atoms with Crippen molar-refractivity contribution in [1.82, 2.24) is 20.8 Å². The van der Waals surface area contributed by atoms with Crippen molar-refractivity contribution in [3.8, 4) is 0 Å². The van der Waals surface area contributed by atoms with Crippen molar-refractivity contribution >= 4 is 5.96 Å². The Kier molecular flexibility index (Phi) is 5.31. The zero-order chi connectivity index (χ0) is 15.1. The zero-order valence-corrected chi connectivity index (χ0v) is 12.6. The van der Waals surface area contributed by atoms with Crippen molar-refractivity contribution in [2.75, 3.05) is 13.6 Å². The number of benzene rings is 1. The second kappa shape index (κ2) is 7.42. The van der Waals surface area contributed by atoms with Crippen molar-refractivity contribution in [2.24, 2.45) is 4.99 Å². The van der Waals surface area contributed by atoms with Crippen LogP contribution in [0.5, 0.6) is 0 Å². The quantitative estimate of drug-likeness (QED) is 0.648. The van der Waals surface area contributed by atoms with Crippen LogP contribution in [-0.4, -0.2) is 29.7 Å². The topological polar surface area (TPSA) is 75.3 Å². The van der Waals surface area contributed by atoms with Gasteiger partial charge in [0, 0.05) is 13.6 Å². The fraction of sp³-hybridized carbons (Fsp3) is 0.400. The summed E-state index contributed by atoms with van der Waals surface area (Å²) < 4.78 is 5.05. The highest BCUT2D eigenvalue weighted by atomic mass is 16.5. The zero-order valence-electron chi connectivity index (χ0n) is 12.6. The summed E-state index contributed by atoms with van der Waals surface area (Å²) in [6, 6.07) is 10.4. The third-order valence-electron chi connectivity index (χ3n) is 3.14. The predicted molar refractivity (Wildman–Crippen MR) is 82.1 cm³/mol. The number of nitrogens with zero attached hydrogens (tertiary/aromatic N) is 3. The van der Waals surface area contributed by atoms with Gasteiger partial charge in [-0.05, 0) is 18.4 Å². The number of hydrogen-bond acceptors (Lipinski definition) is 4. The molecule has 1 atom stereocenters. The standard InChI is InChI=1S/C15H21N5O/c1-11(13-7-5-4-6-8-13)9-17-15(16-3)18-10-14-19-12(2)20-21-14/h4-8,11H,9-10H2,1-3H3,(H2,16,17,18). The molecular formula is C15H21N5O. The minimum Gasteiger partial charge on any atom is -0.356 e. The molecule has 6 nitrogen and oxygen atoms in total. The summed E-state index contributed by atoms with van der Waals surface area (Å²) in [6.45, 7) is 5.23. The maximum Gasteiger partial charge on any atom is 0.246 e. The Balaban J connectivity index is 1.80. The molecule has 0 aliphatic heterocycles. The molecule has 0 aliphatic carbocycles. The second-order valence-electron chi connectivity index (χ2n) is 4.85. The molecule has 1 aromatic carbocycles. The van der Waals surface area contributed by atoms with Gasteiger partial charge in [0.05, 0.1) is 6.54 Å². The minimum absolute atomic E-state index is 0.399. The van der Waals surface area contributed by atoms with Crippen LogP contribution in [0.4, 0.5) is 0 Å². The summed E-state index contributed by atoms with van der Waals surface area (Å²) in [4.78, 5) is 8.32. The lowest BCUT2D eigenvalue weighted by Crippen LogP contribution is -2.38. The number of aromatic nitrogens is 2. The monoisotopic (exact) mass is 287 g/mol. The van der Waals surface area contributed by atoms with Gasteiger partial charge in [0.1, 0.15) is 0 Å². The van der Waals surface area contributed by atoms with Crippen molar-refractivity contribution in [1.29, 1.82) is 0 Å². The number of guanidine groups is 1. The molecule has 0 aliphatic rings. The number of aliphatic imine (C=N–C) groups is 1. The van der Waals surface area contributed by atoms with Gasteiger partial charge in [-0.1, -0.05) is 42.4 Å². The fourth-order valence-corrected chi connectivity index (χ4v) is 1.94. The van der Waals surface area contributed by atoms with Crippen molar-refractivity contribution in [2.45, 2.75) is 26.3 Å². The Morgan fingerprint density at radius 3 is 2.67 bits per heavy atom. The normalized spacial score (nSPS) is 13.0. The first kappa shape index (κ1) is 15.0. The molecule has 0 bridgehead atoms. The summed E-state index contributed by atoms with van der Waals surface area (Å²) >= 11 is 0. The molecule has 2 aromatic rings. The van der Waals surface area contributed by atoms with Gasteiger partial charge in [-0.15, -0.1) is 0 Å². The van der Waals surface area contributed by atoms with E-state index >= 15 is 0 Å². The Hall–Kier alpha value is -2.37. The van der Waals surface area contributed by atoms with Gasteiger partial charge < -0.3 is 15.2 Å². The van der Waals surface area contributed by atoms with E-state index < -0.39 is 0 Å². The Morgan fingerprint density at radius 2 is 2.05 bits per heavy atom. The number of hydrogen-bond donors (Lipinski definition) is 2. The molecule has 0 amide bonds. The van der Waals surface area contributed by atoms with E-state index in [4.69, 9.17) is 4.52 Å². The molecule has 0 saturated carbocycles. The van der Waals surface area contributed by atoms with E-state index in [2.05, 4.69) is 57.0 Å². The van der Waals surface area contributed by atoms with Gasteiger partial charge >= 0.3 is 0 Å². The molecule has 21 heavy (non-hydrogen) atoms. The van der Waals surface area contributed by atoms with Crippen LogP contribution in [0, 0.1) is 6.92 Å². The molecule has 6 heteroatoms.